The van der Waals surface area contributed by atoms with E-state index in [4.69, 9.17) is 0 Å². The van der Waals surface area contributed by atoms with Gasteiger partial charge in [-0.3, -0.25) is 0 Å². The predicted octanol–water partition coefficient (Wildman–Crippen LogP) is 5.60. The van der Waals surface area contributed by atoms with Gasteiger partial charge < -0.3 is 10.6 Å². The van der Waals surface area contributed by atoms with Gasteiger partial charge in [-0.2, -0.15) is 0 Å². The smallest absolute Gasteiger partial charge is 0.0129 e. The lowest BCUT2D eigenvalue weighted by Gasteiger charge is -2.39. The second-order valence-electron chi connectivity index (χ2n) is 10.0. The zero-order chi connectivity index (χ0) is 20.3. The van der Waals surface area contributed by atoms with Crippen molar-refractivity contribution >= 4 is 0 Å². The van der Waals surface area contributed by atoms with Crippen molar-refractivity contribution in [2.24, 2.45) is 16.7 Å². The third-order valence-corrected chi connectivity index (χ3v) is 8.50. The Hall–Kier alpha value is -1.64. The fourth-order valence-corrected chi connectivity index (χ4v) is 6.12. The minimum absolute atomic E-state index is 0.461. The molecule has 0 heterocycles. The third-order valence-electron chi connectivity index (χ3n) is 8.50. The van der Waals surface area contributed by atoms with Crippen LogP contribution in [0.3, 0.4) is 0 Å². The molecular formula is C27H38N2. The van der Waals surface area contributed by atoms with Crippen LogP contribution in [0.5, 0.6) is 0 Å². The minimum Gasteiger partial charge on any atom is -0.315 e. The molecule has 0 spiro atoms. The summed E-state index contributed by atoms with van der Waals surface area (Å²) in [5.74, 6) is 1.37. The summed E-state index contributed by atoms with van der Waals surface area (Å²) >= 11 is 0. The van der Waals surface area contributed by atoms with Crippen molar-refractivity contribution < 1.29 is 0 Å². The minimum atomic E-state index is 0.461. The number of fused-ring (bicyclic) bond motifs is 2. The Morgan fingerprint density at radius 2 is 1.48 bits per heavy atom. The predicted molar refractivity (Wildman–Crippen MR) is 123 cm³/mol. The van der Waals surface area contributed by atoms with Gasteiger partial charge in [-0.25, -0.2) is 0 Å². The summed E-state index contributed by atoms with van der Waals surface area (Å²) in [6.07, 6.45) is 5.32. The molecule has 4 rings (SSSR count). The Morgan fingerprint density at radius 1 is 0.862 bits per heavy atom. The molecule has 0 aromatic heterocycles. The van der Waals surface area contributed by atoms with Gasteiger partial charge in [0, 0.05) is 25.0 Å². The van der Waals surface area contributed by atoms with Gasteiger partial charge in [0.25, 0.3) is 0 Å². The van der Waals surface area contributed by atoms with Crippen molar-refractivity contribution in [3.63, 3.8) is 0 Å². The Labute approximate surface area is 177 Å². The molecule has 3 atom stereocenters. The Bertz CT molecular complexity index is 730. The number of rotatable bonds is 9. The fourth-order valence-electron chi connectivity index (χ4n) is 6.12. The van der Waals surface area contributed by atoms with Gasteiger partial charge in [0.1, 0.15) is 0 Å². The number of benzene rings is 2. The highest BCUT2D eigenvalue weighted by molar-refractivity contribution is 5.32. The standard InChI is InChI=1S/C27H38N2/c1-26(2)23-14-16-27(26,3)25(20-23)29-19-18-28-17-15-24(21-10-6-4-7-11-21)22-12-8-5-9-13-22/h4-13,23-25,28-29H,14-20H2,1-3H3. The van der Waals surface area contributed by atoms with E-state index < -0.39 is 0 Å². The molecule has 156 valence electrons. The maximum atomic E-state index is 3.90. The molecule has 2 heteroatoms. The molecule has 2 saturated carbocycles. The summed E-state index contributed by atoms with van der Waals surface area (Å²) in [5, 5.41) is 7.59. The first-order valence-corrected chi connectivity index (χ1v) is 11.6. The normalized spacial score (nSPS) is 27.6. The van der Waals surface area contributed by atoms with Crippen LogP contribution in [0, 0.1) is 16.7 Å². The maximum absolute atomic E-state index is 3.90. The topological polar surface area (TPSA) is 24.1 Å². The van der Waals surface area contributed by atoms with Crippen LogP contribution in [0.2, 0.25) is 0 Å². The van der Waals surface area contributed by atoms with E-state index >= 15 is 0 Å². The second kappa shape index (κ2) is 8.62. The van der Waals surface area contributed by atoms with E-state index in [1.54, 1.807) is 0 Å². The average Bonchev–Trinajstić information content (AvgIpc) is 3.08. The summed E-state index contributed by atoms with van der Waals surface area (Å²) in [6, 6.07) is 22.6. The lowest BCUT2D eigenvalue weighted by molar-refractivity contribution is 0.121. The van der Waals surface area contributed by atoms with Crippen LogP contribution >= 0.6 is 0 Å². The van der Waals surface area contributed by atoms with Crippen LogP contribution < -0.4 is 10.6 Å². The largest absolute Gasteiger partial charge is 0.315 e. The zero-order valence-electron chi connectivity index (χ0n) is 18.5. The number of hydrogen-bond acceptors (Lipinski definition) is 2. The third kappa shape index (κ3) is 4.02. The molecule has 2 fully saturated rings. The number of hydrogen-bond donors (Lipinski definition) is 2. The molecule has 0 saturated heterocycles. The van der Waals surface area contributed by atoms with Gasteiger partial charge in [-0.1, -0.05) is 81.4 Å². The Morgan fingerprint density at radius 3 is 2.00 bits per heavy atom. The van der Waals surface area contributed by atoms with Crippen LogP contribution in [0.4, 0.5) is 0 Å². The van der Waals surface area contributed by atoms with Crippen molar-refractivity contribution in [3.05, 3.63) is 71.8 Å². The Balaban J connectivity index is 1.24. The molecule has 2 aromatic carbocycles. The molecule has 2 N–H and O–H groups in total. The van der Waals surface area contributed by atoms with Crippen molar-refractivity contribution in [1.29, 1.82) is 0 Å². The van der Waals surface area contributed by atoms with Gasteiger partial charge in [-0.05, 0) is 60.1 Å². The highest BCUT2D eigenvalue weighted by atomic mass is 15.0. The summed E-state index contributed by atoms with van der Waals surface area (Å²) in [4.78, 5) is 0. The van der Waals surface area contributed by atoms with E-state index in [0.29, 0.717) is 22.8 Å². The maximum Gasteiger partial charge on any atom is 0.0129 e. The molecule has 2 aromatic rings. The summed E-state index contributed by atoms with van der Waals surface area (Å²) in [5.41, 5.74) is 3.80. The first-order chi connectivity index (χ1) is 14.0. The molecule has 2 aliphatic carbocycles. The molecule has 0 radical (unpaired) electrons. The van der Waals surface area contributed by atoms with Gasteiger partial charge in [0.05, 0.1) is 0 Å². The van der Waals surface area contributed by atoms with Gasteiger partial charge in [0.2, 0.25) is 0 Å². The fraction of sp³-hybridized carbons (Fsp3) is 0.556. The first-order valence-electron chi connectivity index (χ1n) is 11.6. The van der Waals surface area contributed by atoms with Crippen molar-refractivity contribution in [2.45, 2.75) is 58.4 Å². The summed E-state index contributed by atoms with van der Waals surface area (Å²) < 4.78 is 0. The summed E-state index contributed by atoms with van der Waals surface area (Å²) in [7, 11) is 0. The average molecular weight is 391 g/mol. The molecule has 0 aliphatic heterocycles. The van der Waals surface area contributed by atoms with E-state index in [1.807, 2.05) is 0 Å². The quantitative estimate of drug-likeness (QED) is 0.544. The lowest BCUT2D eigenvalue weighted by Crippen LogP contribution is -2.46. The van der Waals surface area contributed by atoms with Crippen LogP contribution in [-0.4, -0.2) is 25.7 Å². The lowest BCUT2D eigenvalue weighted by atomic mass is 9.69. The molecular weight excluding hydrogens is 352 g/mol. The van der Waals surface area contributed by atoms with E-state index in [2.05, 4.69) is 92.1 Å². The molecule has 2 nitrogen and oxygen atoms in total. The Kier molecular flexibility index (Phi) is 6.13. The van der Waals surface area contributed by atoms with Crippen molar-refractivity contribution in [1.82, 2.24) is 10.6 Å². The van der Waals surface area contributed by atoms with Crippen molar-refractivity contribution in [3.8, 4) is 0 Å². The van der Waals surface area contributed by atoms with Gasteiger partial charge in [0.15, 0.2) is 0 Å². The number of nitrogens with one attached hydrogen (secondary N) is 2. The molecule has 2 bridgehead atoms. The van der Waals surface area contributed by atoms with Crippen molar-refractivity contribution in [2.75, 3.05) is 19.6 Å². The summed E-state index contributed by atoms with van der Waals surface area (Å²) in [6.45, 7) is 10.7. The second-order valence-corrected chi connectivity index (χ2v) is 10.0. The first kappa shape index (κ1) is 20.6. The van der Waals surface area contributed by atoms with Crippen LogP contribution in [0.1, 0.15) is 63.5 Å². The van der Waals surface area contributed by atoms with E-state index in [-0.39, 0.29) is 0 Å². The van der Waals surface area contributed by atoms with Crippen LogP contribution in [0.25, 0.3) is 0 Å². The van der Waals surface area contributed by atoms with Gasteiger partial charge >= 0.3 is 0 Å². The monoisotopic (exact) mass is 390 g/mol. The molecule has 3 unspecified atom stereocenters. The molecule has 2 aliphatic rings. The highest BCUT2D eigenvalue weighted by Crippen LogP contribution is 2.65. The van der Waals surface area contributed by atoms with E-state index in [0.717, 1.165) is 32.0 Å². The molecule has 0 amide bonds. The van der Waals surface area contributed by atoms with E-state index in [1.165, 1.54) is 30.4 Å². The van der Waals surface area contributed by atoms with Crippen LogP contribution in [-0.2, 0) is 0 Å². The van der Waals surface area contributed by atoms with E-state index in [9.17, 15) is 0 Å². The highest BCUT2D eigenvalue weighted by Gasteiger charge is 2.60. The zero-order valence-corrected chi connectivity index (χ0v) is 18.5. The SMILES string of the molecule is CC1(C)C2CCC1(C)C(NCCNCCC(c1ccccc1)c1ccccc1)C2. The molecule has 29 heavy (non-hydrogen) atoms. The van der Waals surface area contributed by atoms with Crippen LogP contribution in [0.15, 0.2) is 60.7 Å². The van der Waals surface area contributed by atoms with Gasteiger partial charge in [-0.15, -0.1) is 0 Å².